The summed E-state index contributed by atoms with van der Waals surface area (Å²) in [6.45, 7) is 0.264. The van der Waals surface area contributed by atoms with Gasteiger partial charge in [0.25, 0.3) is 0 Å². The van der Waals surface area contributed by atoms with Crippen molar-refractivity contribution in [2.75, 3.05) is 6.79 Å². The number of aromatic nitrogens is 3. The minimum atomic E-state index is 0.264. The Morgan fingerprint density at radius 3 is 2.60 bits per heavy atom. The lowest BCUT2D eigenvalue weighted by atomic mass is 10.1. The van der Waals surface area contributed by atoms with Crippen LogP contribution in [0, 0.1) is 0 Å². The van der Waals surface area contributed by atoms with Gasteiger partial charge in [0.2, 0.25) is 6.79 Å². The first-order valence-electron chi connectivity index (χ1n) is 7.78. The summed E-state index contributed by atoms with van der Waals surface area (Å²) < 4.78 is 13.8. The van der Waals surface area contributed by atoms with E-state index in [0.717, 1.165) is 44.0 Å². The van der Waals surface area contributed by atoms with Crippen molar-refractivity contribution in [3.8, 4) is 33.9 Å². The maximum absolute atomic E-state index is 5.49. The fourth-order valence-electron chi connectivity index (χ4n) is 3.00. The van der Waals surface area contributed by atoms with Gasteiger partial charge in [-0.1, -0.05) is 28.1 Å². The van der Waals surface area contributed by atoms with Gasteiger partial charge in [-0.25, -0.2) is 9.50 Å². The molecule has 0 bridgehead atoms. The molecule has 0 aliphatic carbocycles. The maximum atomic E-state index is 5.49. The summed E-state index contributed by atoms with van der Waals surface area (Å²) in [5.41, 5.74) is 4.84. The van der Waals surface area contributed by atoms with E-state index in [4.69, 9.17) is 9.47 Å². The number of nitrogens with zero attached hydrogens (tertiary/aromatic N) is 3. The molecule has 0 saturated carbocycles. The van der Waals surface area contributed by atoms with E-state index in [9.17, 15) is 0 Å². The van der Waals surface area contributed by atoms with E-state index in [1.165, 1.54) is 0 Å². The summed E-state index contributed by atoms with van der Waals surface area (Å²) >= 11 is 3.47. The Morgan fingerprint density at radius 2 is 1.72 bits per heavy atom. The molecule has 2 aromatic carbocycles. The van der Waals surface area contributed by atoms with E-state index in [0.29, 0.717) is 0 Å². The lowest BCUT2D eigenvalue weighted by Crippen LogP contribution is -1.96. The van der Waals surface area contributed by atoms with Crippen LogP contribution in [0.2, 0.25) is 0 Å². The molecule has 0 amide bonds. The highest BCUT2D eigenvalue weighted by atomic mass is 79.9. The number of hydrogen-bond donors (Lipinski definition) is 0. The minimum Gasteiger partial charge on any atom is -0.454 e. The van der Waals surface area contributed by atoms with Gasteiger partial charge in [0.15, 0.2) is 17.1 Å². The Kier molecular flexibility index (Phi) is 3.24. The van der Waals surface area contributed by atoms with E-state index in [-0.39, 0.29) is 6.79 Å². The number of halogens is 1. The van der Waals surface area contributed by atoms with Crippen LogP contribution in [0.5, 0.6) is 11.5 Å². The third kappa shape index (κ3) is 2.37. The monoisotopic (exact) mass is 393 g/mol. The van der Waals surface area contributed by atoms with Crippen LogP contribution in [0.15, 0.2) is 65.4 Å². The molecule has 0 spiro atoms. The predicted molar refractivity (Wildman–Crippen MR) is 97.7 cm³/mol. The molecular formula is C19H12BrN3O2. The van der Waals surface area contributed by atoms with Gasteiger partial charge in [0, 0.05) is 21.8 Å². The molecule has 5 nitrogen and oxygen atoms in total. The summed E-state index contributed by atoms with van der Waals surface area (Å²) in [5, 5.41) is 4.56. The lowest BCUT2D eigenvalue weighted by molar-refractivity contribution is 0.174. The molecule has 6 heteroatoms. The average Bonchev–Trinajstić information content (AvgIpc) is 3.28. The highest BCUT2D eigenvalue weighted by Gasteiger charge is 2.16. The molecule has 0 fully saturated rings. The zero-order valence-electron chi connectivity index (χ0n) is 13.0. The second-order valence-electron chi connectivity index (χ2n) is 5.70. The third-order valence-corrected chi connectivity index (χ3v) is 4.75. The molecule has 5 rings (SSSR count). The molecule has 0 atom stereocenters. The van der Waals surface area contributed by atoms with Crippen molar-refractivity contribution in [3.05, 3.63) is 65.4 Å². The zero-order chi connectivity index (χ0) is 16.8. The van der Waals surface area contributed by atoms with Gasteiger partial charge in [-0.2, -0.15) is 5.10 Å². The number of rotatable bonds is 2. The van der Waals surface area contributed by atoms with E-state index in [2.05, 4.69) is 38.1 Å². The standard InChI is InChI=1S/C19H12BrN3O2/c20-14-4-1-12(2-5-14)15-10-22-23-16(7-8-21-19(15)23)13-3-6-17-18(9-13)25-11-24-17/h1-10H,11H2. The lowest BCUT2D eigenvalue weighted by Gasteiger charge is -2.06. The van der Waals surface area contributed by atoms with Crippen LogP contribution in [0.3, 0.4) is 0 Å². The fraction of sp³-hybridized carbons (Fsp3) is 0.0526. The van der Waals surface area contributed by atoms with Gasteiger partial charge in [0.05, 0.1) is 11.9 Å². The van der Waals surface area contributed by atoms with Gasteiger partial charge in [-0.15, -0.1) is 0 Å². The second-order valence-corrected chi connectivity index (χ2v) is 6.61. The Labute approximate surface area is 152 Å². The van der Waals surface area contributed by atoms with Crippen molar-refractivity contribution in [2.24, 2.45) is 0 Å². The van der Waals surface area contributed by atoms with E-state index < -0.39 is 0 Å². The fourth-order valence-corrected chi connectivity index (χ4v) is 3.26. The van der Waals surface area contributed by atoms with Crippen molar-refractivity contribution in [2.45, 2.75) is 0 Å². The van der Waals surface area contributed by atoms with Crippen molar-refractivity contribution in [3.63, 3.8) is 0 Å². The van der Waals surface area contributed by atoms with Crippen molar-refractivity contribution >= 4 is 21.6 Å². The first-order valence-corrected chi connectivity index (χ1v) is 8.57. The van der Waals surface area contributed by atoms with Gasteiger partial charge in [-0.3, -0.25) is 0 Å². The highest BCUT2D eigenvalue weighted by Crippen LogP contribution is 2.36. The summed E-state index contributed by atoms with van der Waals surface area (Å²) in [4.78, 5) is 4.53. The van der Waals surface area contributed by atoms with E-state index in [1.807, 2.05) is 47.1 Å². The molecule has 25 heavy (non-hydrogen) atoms. The summed E-state index contributed by atoms with van der Waals surface area (Å²) in [5.74, 6) is 1.52. The van der Waals surface area contributed by atoms with Crippen LogP contribution in [-0.2, 0) is 0 Å². The number of ether oxygens (including phenoxy) is 2. The van der Waals surface area contributed by atoms with Crippen LogP contribution in [0.1, 0.15) is 0 Å². The van der Waals surface area contributed by atoms with Crippen LogP contribution >= 0.6 is 15.9 Å². The summed E-state index contributed by atoms with van der Waals surface area (Å²) in [7, 11) is 0. The zero-order valence-corrected chi connectivity index (χ0v) is 14.6. The largest absolute Gasteiger partial charge is 0.454 e. The number of fused-ring (bicyclic) bond motifs is 2. The SMILES string of the molecule is Brc1ccc(-c2cnn3c(-c4ccc5c(c4)OCO5)ccnc23)cc1. The molecule has 1 aliphatic rings. The van der Waals surface area contributed by atoms with Gasteiger partial charge >= 0.3 is 0 Å². The smallest absolute Gasteiger partial charge is 0.231 e. The molecule has 0 unspecified atom stereocenters. The van der Waals surface area contributed by atoms with Crippen molar-refractivity contribution < 1.29 is 9.47 Å². The Hall–Kier alpha value is -2.86. The Morgan fingerprint density at radius 1 is 0.920 bits per heavy atom. The van der Waals surface area contributed by atoms with E-state index in [1.54, 1.807) is 6.20 Å². The number of benzene rings is 2. The molecular weight excluding hydrogens is 382 g/mol. The Bertz CT molecular complexity index is 1090. The minimum absolute atomic E-state index is 0.264. The molecule has 4 aromatic rings. The second kappa shape index (κ2) is 5.60. The molecule has 0 saturated heterocycles. The predicted octanol–water partition coefficient (Wildman–Crippen LogP) is 4.55. The molecule has 0 radical (unpaired) electrons. The summed E-state index contributed by atoms with van der Waals surface area (Å²) in [6, 6.07) is 16.0. The van der Waals surface area contributed by atoms with E-state index >= 15 is 0 Å². The quantitative estimate of drug-likeness (QED) is 0.501. The molecule has 0 N–H and O–H groups in total. The molecule has 1 aliphatic heterocycles. The normalized spacial score (nSPS) is 12.7. The van der Waals surface area contributed by atoms with Crippen molar-refractivity contribution in [1.29, 1.82) is 0 Å². The first-order chi connectivity index (χ1) is 12.3. The molecule has 3 heterocycles. The number of hydrogen-bond acceptors (Lipinski definition) is 4. The van der Waals surface area contributed by atoms with Crippen LogP contribution < -0.4 is 9.47 Å². The molecule has 2 aromatic heterocycles. The third-order valence-electron chi connectivity index (χ3n) is 4.22. The van der Waals surface area contributed by atoms with Crippen molar-refractivity contribution in [1.82, 2.24) is 14.6 Å². The van der Waals surface area contributed by atoms with Gasteiger partial charge in [0.1, 0.15) is 0 Å². The van der Waals surface area contributed by atoms with Crippen LogP contribution in [-0.4, -0.2) is 21.4 Å². The van der Waals surface area contributed by atoms with Gasteiger partial charge in [-0.05, 0) is 42.0 Å². The van der Waals surface area contributed by atoms with Gasteiger partial charge < -0.3 is 9.47 Å². The maximum Gasteiger partial charge on any atom is 0.231 e. The van der Waals surface area contributed by atoms with Crippen LogP contribution in [0.4, 0.5) is 0 Å². The average molecular weight is 394 g/mol. The van der Waals surface area contributed by atoms with Crippen LogP contribution in [0.25, 0.3) is 28.0 Å². The summed E-state index contributed by atoms with van der Waals surface area (Å²) in [6.07, 6.45) is 3.65. The topological polar surface area (TPSA) is 48.7 Å². The molecule has 122 valence electrons. The highest BCUT2D eigenvalue weighted by molar-refractivity contribution is 9.10. The Balaban J connectivity index is 1.67. The first kappa shape index (κ1) is 14.5.